The van der Waals surface area contributed by atoms with Gasteiger partial charge in [-0.2, -0.15) is 0 Å². The molecule has 0 saturated carbocycles. The third-order valence-electron chi connectivity index (χ3n) is 0.516. The summed E-state index contributed by atoms with van der Waals surface area (Å²) < 4.78 is 0. The summed E-state index contributed by atoms with van der Waals surface area (Å²) in [5.74, 6) is 0. The van der Waals surface area contributed by atoms with Crippen molar-refractivity contribution in [3.8, 4) is 0 Å². The maximum Gasteiger partial charge on any atom is 0.0892 e. The van der Waals surface area contributed by atoms with Crippen LogP contribution in [-0.4, -0.2) is 5.55 Å². The Morgan fingerprint density at radius 2 is 2.57 bits per heavy atom. The fourth-order valence-electron chi connectivity index (χ4n) is 0.267. The normalized spacial score (nSPS) is 17.1. The zero-order valence-electron chi connectivity index (χ0n) is 3.66. The molecule has 0 saturated heterocycles. The van der Waals surface area contributed by atoms with Gasteiger partial charge in [0.05, 0.1) is 11.7 Å². The molecule has 0 aliphatic carbocycles. The van der Waals surface area contributed by atoms with E-state index in [4.69, 9.17) is 0 Å². The number of hydrogen-bond acceptors (Lipinski definition) is 2. The molecular weight excluding hydrogens is 106 g/mol. The predicted molar refractivity (Wildman–Crippen MR) is 33.0 cm³/mol. The molecule has 1 nitrogen and oxygen atoms in total. The fraction of sp³-hybridized carbons (Fsp3) is 0. The van der Waals surface area contributed by atoms with E-state index >= 15 is 0 Å². The summed E-state index contributed by atoms with van der Waals surface area (Å²) in [5, 5.41) is 1.95. The lowest BCUT2D eigenvalue weighted by atomic mass is 10.6. The molecule has 0 atom stereocenters. The van der Waals surface area contributed by atoms with Gasteiger partial charge in [-0.3, -0.25) is 0 Å². The van der Waals surface area contributed by atoms with Gasteiger partial charge in [-0.1, -0.05) is 17.8 Å². The maximum absolute atomic E-state index is 3.74. The second kappa shape index (κ2) is 2.64. The highest BCUT2D eigenvalue weighted by Crippen LogP contribution is 1.99. The first-order valence-electron chi connectivity index (χ1n) is 1.91. The Bertz CT molecular complexity index is 110. The number of aliphatic imine (C=N–C) groups is 1. The van der Waals surface area contributed by atoms with E-state index in [1.807, 2.05) is 11.5 Å². The Morgan fingerprint density at radius 3 is 3.57 bits per heavy atom. The molecule has 0 spiro atoms. The summed E-state index contributed by atoms with van der Waals surface area (Å²) in [6, 6.07) is 0. The first-order chi connectivity index (χ1) is 3.50. The van der Waals surface area contributed by atoms with E-state index in [0.29, 0.717) is 0 Å². The van der Waals surface area contributed by atoms with Crippen LogP contribution in [0.15, 0.2) is 22.6 Å². The van der Waals surface area contributed by atoms with Crippen molar-refractivity contribution in [3.63, 3.8) is 0 Å². The van der Waals surface area contributed by atoms with Crippen molar-refractivity contribution in [1.29, 1.82) is 0 Å². The van der Waals surface area contributed by atoms with E-state index in [-0.39, 0.29) is 0 Å². The van der Waals surface area contributed by atoms with Crippen molar-refractivity contribution in [2.24, 2.45) is 4.99 Å². The lowest BCUT2D eigenvalue weighted by molar-refractivity contribution is 1.54. The molecule has 0 amide bonds. The van der Waals surface area contributed by atoms with Crippen molar-refractivity contribution in [1.82, 2.24) is 0 Å². The van der Waals surface area contributed by atoms with Gasteiger partial charge >= 0.3 is 0 Å². The van der Waals surface area contributed by atoms with Gasteiger partial charge in [-0.25, -0.2) is 4.99 Å². The van der Waals surface area contributed by atoms with E-state index in [1.54, 1.807) is 23.4 Å². The first kappa shape index (κ1) is 4.65. The van der Waals surface area contributed by atoms with E-state index in [2.05, 4.69) is 11.2 Å². The van der Waals surface area contributed by atoms with Gasteiger partial charge in [0.2, 0.25) is 0 Å². The second-order valence-corrected chi connectivity index (χ2v) is 1.75. The SMILES string of the molecule is [C]1=CC=CSC=N1. The minimum Gasteiger partial charge on any atom is -0.247 e. The molecule has 0 aromatic carbocycles. The zero-order chi connectivity index (χ0) is 4.95. The van der Waals surface area contributed by atoms with Gasteiger partial charge in [0.1, 0.15) is 0 Å². The van der Waals surface area contributed by atoms with Crippen LogP contribution in [0.4, 0.5) is 0 Å². The average Bonchev–Trinajstić information content (AvgIpc) is 1.90. The molecule has 35 valence electrons. The van der Waals surface area contributed by atoms with Gasteiger partial charge in [0, 0.05) is 0 Å². The third kappa shape index (κ3) is 1.59. The van der Waals surface area contributed by atoms with Crippen LogP contribution in [0.2, 0.25) is 0 Å². The number of nitrogens with zero attached hydrogens (tertiary/aromatic N) is 1. The van der Waals surface area contributed by atoms with Crippen molar-refractivity contribution < 1.29 is 0 Å². The van der Waals surface area contributed by atoms with E-state index in [1.165, 1.54) is 0 Å². The van der Waals surface area contributed by atoms with Gasteiger partial charge in [-0.05, 0) is 11.5 Å². The molecule has 2 heteroatoms. The van der Waals surface area contributed by atoms with Gasteiger partial charge in [-0.15, -0.1) is 0 Å². The Balaban J connectivity index is 2.60. The van der Waals surface area contributed by atoms with Crippen LogP contribution in [0.25, 0.3) is 0 Å². The van der Waals surface area contributed by atoms with Crippen LogP contribution in [0.5, 0.6) is 0 Å². The molecule has 1 rings (SSSR count). The maximum atomic E-state index is 3.74. The van der Waals surface area contributed by atoms with Crippen molar-refractivity contribution in [3.05, 3.63) is 23.8 Å². The average molecular weight is 110 g/mol. The van der Waals surface area contributed by atoms with Crippen molar-refractivity contribution in [2.45, 2.75) is 0 Å². The lowest BCUT2D eigenvalue weighted by Gasteiger charge is -1.68. The molecule has 0 unspecified atom stereocenters. The Kier molecular flexibility index (Phi) is 1.75. The van der Waals surface area contributed by atoms with Crippen LogP contribution in [0.3, 0.4) is 0 Å². The number of thioether (sulfide) groups is 1. The highest BCUT2D eigenvalue weighted by Gasteiger charge is 1.72. The zero-order valence-corrected chi connectivity index (χ0v) is 4.48. The molecule has 0 aromatic rings. The van der Waals surface area contributed by atoms with E-state index in [9.17, 15) is 0 Å². The summed E-state index contributed by atoms with van der Waals surface area (Å²) in [6.07, 6.45) is 6.36. The Hall–Kier alpha value is -0.500. The molecule has 1 aliphatic rings. The molecule has 0 aromatic heterocycles. The third-order valence-corrected chi connectivity index (χ3v) is 1.06. The summed E-state index contributed by atoms with van der Waals surface area (Å²) in [7, 11) is 0. The van der Waals surface area contributed by atoms with Crippen LogP contribution in [0.1, 0.15) is 0 Å². The standard InChI is InChI=1S/C5H4NS/c1-2-4-7-5-6-3-1/h1-2,4-5H. The highest BCUT2D eigenvalue weighted by molar-refractivity contribution is 8.14. The Labute approximate surface area is 46.8 Å². The van der Waals surface area contributed by atoms with Crippen LogP contribution < -0.4 is 0 Å². The smallest absolute Gasteiger partial charge is 0.0892 e. The van der Waals surface area contributed by atoms with Gasteiger partial charge < -0.3 is 0 Å². The summed E-state index contributed by atoms with van der Waals surface area (Å²) >= 11 is 1.55. The topological polar surface area (TPSA) is 12.4 Å². The summed E-state index contributed by atoms with van der Waals surface area (Å²) in [4.78, 5) is 3.74. The van der Waals surface area contributed by atoms with Crippen molar-refractivity contribution in [2.75, 3.05) is 0 Å². The summed E-state index contributed by atoms with van der Waals surface area (Å²) in [5.41, 5.74) is 1.74. The molecule has 7 heavy (non-hydrogen) atoms. The van der Waals surface area contributed by atoms with Crippen LogP contribution in [0, 0.1) is 6.20 Å². The largest absolute Gasteiger partial charge is 0.247 e. The predicted octanol–water partition coefficient (Wildman–Crippen LogP) is 1.59. The molecular formula is C5H4NS. The summed E-state index contributed by atoms with van der Waals surface area (Å²) in [6.45, 7) is 0. The van der Waals surface area contributed by atoms with Crippen LogP contribution in [-0.2, 0) is 0 Å². The second-order valence-electron chi connectivity index (χ2n) is 0.995. The molecule has 1 aliphatic heterocycles. The van der Waals surface area contributed by atoms with E-state index in [0.717, 1.165) is 0 Å². The molecule has 0 N–H and O–H groups in total. The van der Waals surface area contributed by atoms with Gasteiger partial charge in [0.15, 0.2) is 0 Å². The molecule has 1 heterocycles. The quantitative estimate of drug-likeness (QED) is 0.461. The monoisotopic (exact) mass is 110 g/mol. The molecule has 0 fully saturated rings. The first-order valence-corrected chi connectivity index (χ1v) is 2.85. The Morgan fingerprint density at radius 1 is 1.57 bits per heavy atom. The minimum absolute atomic E-state index is 1.55. The number of hydrogen-bond donors (Lipinski definition) is 0. The molecule has 1 radical (unpaired) electrons. The van der Waals surface area contributed by atoms with E-state index < -0.39 is 0 Å². The lowest BCUT2D eigenvalue weighted by Crippen LogP contribution is -1.49. The van der Waals surface area contributed by atoms with Crippen LogP contribution >= 0.6 is 11.8 Å². The minimum atomic E-state index is 1.55. The van der Waals surface area contributed by atoms with Crippen molar-refractivity contribution >= 4 is 17.3 Å². The fourth-order valence-corrected chi connectivity index (χ4v) is 0.628. The van der Waals surface area contributed by atoms with Gasteiger partial charge in [0.25, 0.3) is 0 Å². The molecule has 0 bridgehead atoms. The highest BCUT2D eigenvalue weighted by atomic mass is 32.2. The number of rotatable bonds is 0. The number of allylic oxidation sites excluding steroid dienone is 2.